The van der Waals surface area contributed by atoms with Crippen molar-refractivity contribution in [3.63, 3.8) is 0 Å². The lowest BCUT2D eigenvalue weighted by Crippen LogP contribution is -2.15. The van der Waals surface area contributed by atoms with E-state index in [1.807, 2.05) is 0 Å². The molecule has 2 rings (SSSR count). The van der Waals surface area contributed by atoms with Crippen molar-refractivity contribution in [1.29, 1.82) is 0 Å². The Bertz CT molecular complexity index is 701. The summed E-state index contributed by atoms with van der Waals surface area (Å²) in [6.45, 7) is 0. The number of halogens is 1. The third-order valence-electron chi connectivity index (χ3n) is 2.78. The number of hydrogen-bond donors (Lipinski definition) is 2. The summed E-state index contributed by atoms with van der Waals surface area (Å²) in [4.78, 5) is 23.7. The van der Waals surface area contributed by atoms with Gasteiger partial charge in [0, 0.05) is 11.3 Å². The first kappa shape index (κ1) is 14.5. The van der Waals surface area contributed by atoms with E-state index in [0.29, 0.717) is 11.3 Å². The first-order valence-electron chi connectivity index (χ1n) is 6.06. The van der Waals surface area contributed by atoms with Crippen molar-refractivity contribution < 1.29 is 18.7 Å². The minimum Gasteiger partial charge on any atom is -0.465 e. The minimum absolute atomic E-state index is 0.0364. The summed E-state index contributed by atoms with van der Waals surface area (Å²) < 4.78 is 17.9. The normalized spacial score (nSPS) is 10.0. The Labute approximate surface area is 120 Å². The van der Waals surface area contributed by atoms with E-state index in [1.54, 1.807) is 18.2 Å². The van der Waals surface area contributed by atoms with Gasteiger partial charge in [0.15, 0.2) is 0 Å². The lowest BCUT2D eigenvalue weighted by molar-refractivity contribution is 0.0602. The van der Waals surface area contributed by atoms with Crippen molar-refractivity contribution in [2.24, 2.45) is 0 Å². The predicted molar refractivity (Wildman–Crippen MR) is 76.5 cm³/mol. The van der Waals surface area contributed by atoms with Gasteiger partial charge in [0.05, 0.1) is 18.4 Å². The van der Waals surface area contributed by atoms with Gasteiger partial charge in [0.25, 0.3) is 5.91 Å². The van der Waals surface area contributed by atoms with E-state index in [-0.39, 0.29) is 11.3 Å². The molecule has 2 aromatic rings. The molecule has 0 fully saturated rings. The van der Waals surface area contributed by atoms with E-state index >= 15 is 0 Å². The summed E-state index contributed by atoms with van der Waals surface area (Å²) in [7, 11) is 1.20. The van der Waals surface area contributed by atoms with Crippen LogP contribution >= 0.6 is 0 Å². The fourth-order valence-corrected chi connectivity index (χ4v) is 1.78. The second-order valence-corrected chi connectivity index (χ2v) is 4.26. The first-order valence-corrected chi connectivity index (χ1v) is 6.06. The van der Waals surface area contributed by atoms with Gasteiger partial charge in [-0.05, 0) is 36.4 Å². The van der Waals surface area contributed by atoms with Crippen molar-refractivity contribution in [1.82, 2.24) is 0 Å². The Morgan fingerprint density at radius 2 is 1.95 bits per heavy atom. The number of nitrogens with two attached hydrogens (primary N) is 1. The van der Waals surface area contributed by atoms with Crippen molar-refractivity contribution in [2.45, 2.75) is 0 Å². The summed E-state index contributed by atoms with van der Waals surface area (Å²) in [5.74, 6) is -1.75. The third-order valence-corrected chi connectivity index (χ3v) is 2.78. The van der Waals surface area contributed by atoms with Crippen molar-refractivity contribution >= 4 is 23.3 Å². The molecular weight excluding hydrogens is 275 g/mol. The van der Waals surface area contributed by atoms with Crippen LogP contribution in [0, 0.1) is 5.82 Å². The van der Waals surface area contributed by atoms with Crippen LogP contribution < -0.4 is 11.1 Å². The van der Waals surface area contributed by atoms with Gasteiger partial charge in [-0.1, -0.05) is 6.07 Å². The number of nitrogen functional groups attached to an aromatic ring is 1. The number of esters is 1. The Balaban J connectivity index is 2.32. The molecule has 3 N–H and O–H groups in total. The van der Waals surface area contributed by atoms with E-state index in [9.17, 15) is 14.0 Å². The number of hydrogen-bond acceptors (Lipinski definition) is 4. The maximum Gasteiger partial charge on any atom is 0.339 e. The molecule has 1 amide bonds. The summed E-state index contributed by atoms with van der Waals surface area (Å²) in [5, 5.41) is 2.47. The molecule has 0 aliphatic heterocycles. The largest absolute Gasteiger partial charge is 0.465 e. The zero-order valence-corrected chi connectivity index (χ0v) is 11.2. The Kier molecular flexibility index (Phi) is 4.18. The Hall–Kier alpha value is -2.89. The van der Waals surface area contributed by atoms with Crippen LogP contribution in [-0.2, 0) is 4.74 Å². The van der Waals surface area contributed by atoms with Crippen LogP contribution in [0.2, 0.25) is 0 Å². The molecule has 0 aliphatic carbocycles. The number of carbonyl (C=O) groups is 2. The van der Waals surface area contributed by atoms with E-state index in [2.05, 4.69) is 10.1 Å². The van der Waals surface area contributed by atoms with Gasteiger partial charge in [-0.25, -0.2) is 9.18 Å². The zero-order chi connectivity index (χ0) is 15.4. The summed E-state index contributed by atoms with van der Waals surface area (Å²) in [6, 6.07) is 9.71. The molecule has 0 radical (unpaired) electrons. The molecule has 6 heteroatoms. The maximum atomic E-state index is 13.3. The summed E-state index contributed by atoms with van der Waals surface area (Å²) in [5.41, 5.74) is 6.43. The average Bonchev–Trinajstić information content (AvgIpc) is 2.46. The number of nitrogens with one attached hydrogen (secondary N) is 1. The molecular formula is C15H13FN2O3. The Morgan fingerprint density at radius 3 is 2.62 bits per heavy atom. The molecule has 0 unspecified atom stereocenters. The standard InChI is InChI=1S/C15H13FN2O3/c1-21-15(20)12-6-5-10(16)8-13(12)18-14(19)9-3-2-4-11(17)7-9/h2-8H,17H2,1H3,(H,18,19). The van der Waals surface area contributed by atoms with E-state index in [1.165, 1.54) is 19.2 Å². The van der Waals surface area contributed by atoms with Crippen LogP contribution in [0.4, 0.5) is 15.8 Å². The minimum atomic E-state index is -0.669. The molecule has 0 aliphatic rings. The van der Waals surface area contributed by atoms with Crippen LogP contribution in [0.3, 0.4) is 0 Å². The maximum absolute atomic E-state index is 13.3. The average molecular weight is 288 g/mol. The monoisotopic (exact) mass is 288 g/mol. The van der Waals surface area contributed by atoms with Crippen molar-refractivity contribution in [2.75, 3.05) is 18.2 Å². The van der Waals surface area contributed by atoms with Gasteiger partial charge >= 0.3 is 5.97 Å². The Morgan fingerprint density at radius 1 is 1.19 bits per heavy atom. The zero-order valence-electron chi connectivity index (χ0n) is 11.2. The van der Waals surface area contributed by atoms with Crippen LogP contribution in [0.15, 0.2) is 42.5 Å². The fraction of sp³-hybridized carbons (Fsp3) is 0.0667. The van der Waals surface area contributed by atoms with Gasteiger partial charge in [-0.2, -0.15) is 0 Å². The molecule has 0 spiro atoms. The van der Waals surface area contributed by atoms with E-state index in [0.717, 1.165) is 12.1 Å². The van der Waals surface area contributed by atoms with Gasteiger partial charge in [0.1, 0.15) is 5.82 Å². The topological polar surface area (TPSA) is 81.4 Å². The molecule has 108 valence electrons. The number of methoxy groups -OCH3 is 1. The quantitative estimate of drug-likeness (QED) is 0.671. The third kappa shape index (κ3) is 3.36. The van der Waals surface area contributed by atoms with Crippen LogP contribution in [0.5, 0.6) is 0 Å². The highest BCUT2D eigenvalue weighted by molar-refractivity contribution is 6.08. The van der Waals surface area contributed by atoms with Gasteiger partial charge < -0.3 is 15.8 Å². The van der Waals surface area contributed by atoms with Crippen molar-refractivity contribution in [3.05, 3.63) is 59.4 Å². The van der Waals surface area contributed by atoms with Crippen LogP contribution in [-0.4, -0.2) is 19.0 Å². The number of carbonyl (C=O) groups excluding carboxylic acids is 2. The number of benzene rings is 2. The molecule has 0 atom stereocenters. The first-order chi connectivity index (χ1) is 10.0. The second kappa shape index (κ2) is 6.04. The molecule has 0 aromatic heterocycles. The molecule has 0 saturated heterocycles. The summed E-state index contributed by atoms with van der Waals surface area (Å²) in [6.07, 6.45) is 0. The smallest absolute Gasteiger partial charge is 0.339 e. The molecule has 2 aromatic carbocycles. The molecule has 0 saturated carbocycles. The van der Waals surface area contributed by atoms with Gasteiger partial charge in [-0.3, -0.25) is 4.79 Å². The van der Waals surface area contributed by atoms with Crippen LogP contribution in [0.1, 0.15) is 20.7 Å². The van der Waals surface area contributed by atoms with E-state index < -0.39 is 17.7 Å². The highest BCUT2D eigenvalue weighted by Crippen LogP contribution is 2.19. The van der Waals surface area contributed by atoms with Crippen molar-refractivity contribution in [3.8, 4) is 0 Å². The fourth-order valence-electron chi connectivity index (χ4n) is 1.78. The highest BCUT2D eigenvalue weighted by atomic mass is 19.1. The number of rotatable bonds is 3. The molecule has 0 bridgehead atoms. The lowest BCUT2D eigenvalue weighted by Gasteiger charge is -2.10. The molecule has 21 heavy (non-hydrogen) atoms. The van der Waals surface area contributed by atoms with Gasteiger partial charge in [-0.15, -0.1) is 0 Å². The second-order valence-electron chi connectivity index (χ2n) is 4.26. The van der Waals surface area contributed by atoms with Crippen LogP contribution in [0.25, 0.3) is 0 Å². The number of amides is 1. The molecule has 5 nitrogen and oxygen atoms in total. The number of ether oxygens (including phenoxy) is 1. The molecule has 0 heterocycles. The highest BCUT2D eigenvalue weighted by Gasteiger charge is 2.15. The predicted octanol–water partition coefficient (Wildman–Crippen LogP) is 2.45. The SMILES string of the molecule is COC(=O)c1ccc(F)cc1NC(=O)c1cccc(N)c1. The summed E-state index contributed by atoms with van der Waals surface area (Å²) >= 11 is 0. The lowest BCUT2D eigenvalue weighted by atomic mass is 10.1. The van der Waals surface area contributed by atoms with Gasteiger partial charge in [0.2, 0.25) is 0 Å². The van der Waals surface area contributed by atoms with E-state index in [4.69, 9.17) is 5.73 Å². The number of anilines is 2.